The number of likely N-dealkylation sites (N-methyl/N-ethyl adjacent to an activating group) is 1. The summed E-state index contributed by atoms with van der Waals surface area (Å²) < 4.78 is 26.8. The van der Waals surface area contributed by atoms with E-state index < -0.39 is 10.0 Å². The van der Waals surface area contributed by atoms with Gasteiger partial charge in [0.2, 0.25) is 10.0 Å². The molecule has 0 fully saturated rings. The Balaban J connectivity index is 2.89. The van der Waals surface area contributed by atoms with Crippen LogP contribution in [0.15, 0.2) is 29.2 Å². The maximum absolute atomic E-state index is 12.1. The lowest BCUT2D eigenvalue weighted by Gasteiger charge is -2.13. The fraction of sp³-hybridized carbons (Fsp3) is 0.500. The van der Waals surface area contributed by atoms with Crippen molar-refractivity contribution in [2.45, 2.75) is 31.2 Å². The number of sulfonamides is 1. The summed E-state index contributed by atoms with van der Waals surface area (Å²) in [6.45, 7) is 4.26. The summed E-state index contributed by atoms with van der Waals surface area (Å²) in [5.74, 6) is 0. The predicted octanol–water partition coefficient (Wildman–Crippen LogP) is 1.14. The summed E-state index contributed by atoms with van der Waals surface area (Å²) in [5.41, 5.74) is 0.845. The van der Waals surface area contributed by atoms with Crippen LogP contribution in [0.3, 0.4) is 0 Å². The Kier molecular flexibility index (Phi) is 5.11. The fourth-order valence-electron chi connectivity index (χ4n) is 1.47. The van der Waals surface area contributed by atoms with Gasteiger partial charge in [-0.1, -0.05) is 25.1 Å². The quantitative estimate of drug-likeness (QED) is 0.802. The summed E-state index contributed by atoms with van der Waals surface area (Å²) in [6, 6.07) is 7.20. The number of hydrogen-bond donors (Lipinski definition) is 2. The van der Waals surface area contributed by atoms with Crippen LogP contribution in [0.2, 0.25) is 0 Å². The first-order valence-corrected chi connectivity index (χ1v) is 7.24. The molecule has 0 aliphatic carbocycles. The average molecular weight is 256 g/mol. The van der Waals surface area contributed by atoms with Crippen molar-refractivity contribution in [2.75, 3.05) is 13.6 Å². The van der Waals surface area contributed by atoms with Crippen molar-refractivity contribution in [2.24, 2.45) is 0 Å². The Morgan fingerprint density at radius 2 is 1.94 bits per heavy atom. The minimum absolute atomic E-state index is 0.110. The van der Waals surface area contributed by atoms with Crippen LogP contribution in [-0.2, 0) is 16.4 Å². The molecule has 96 valence electrons. The number of rotatable bonds is 6. The van der Waals surface area contributed by atoms with Crippen LogP contribution in [0.5, 0.6) is 0 Å². The molecule has 0 bridgehead atoms. The largest absolute Gasteiger partial charge is 0.316 e. The summed E-state index contributed by atoms with van der Waals surface area (Å²) >= 11 is 0. The summed E-state index contributed by atoms with van der Waals surface area (Å²) in [4.78, 5) is 0.380. The van der Waals surface area contributed by atoms with Gasteiger partial charge in [0.1, 0.15) is 0 Å². The first-order valence-electron chi connectivity index (χ1n) is 5.76. The van der Waals surface area contributed by atoms with Crippen molar-refractivity contribution in [1.82, 2.24) is 10.0 Å². The zero-order valence-electron chi connectivity index (χ0n) is 10.5. The lowest BCUT2D eigenvalue weighted by Crippen LogP contribution is -2.37. The van der Waals surface area contributed by atoms with Crippen LogP contribution in [-0.4, -0.2) is 28.1 Å². The lowest BCUT2D eigenvalue weighted by molar-refractivity contribution is 0.553. The Bertz CT molecular complexity index is 457. The van der Waals surface area contributed by atoms with Gasteiger partial charge in [-0.05, 0) is 32.0 Å². The fourth-order valence-corrected chi connectivity index (χ4v) is 2.91. The van der Waals surface area contributed by atoms with Crippen molar-refractivity contribution in [1.29, 1.82) is 0 Å². The van der Waals surface area contributed by atoms with Gasteiger partial charge in [-0.2, -0.15) is 0 Å². The van der Waals surface area contributed by atoms with Crippen LogP contribution >= 0.6 is 0 Å². The van der Waals surface area contributed by atoms with E-state index in [1.165, 1.54) is 0 Å². The second kappa shape index (κ2) is 6.14. The highest BCUT2D eigenvalue weighted by atomic mass is 32.2. The van der Waals surface area contributed by atoms with Gasteiger partial charge in [0.05, 0.1) is 4.90 Å². The standard InChI is InChI=1S/C12H20N2O2S/c1-4-11-7-5-6-8-12(11)17(15,16)14-9-10(2)13-3/h5-8,10,13-14H,4,9H2,1-3H3. The third-order valence-electron chi connectivity index (χ3n) is 2.72. The molecule has 0 amide bonds. The first-order chi connectivity index (χ1) is 8.01. The van der Waals surface area contributed by atoms with Crippen molar-refractivity contribution >= 4 is 10.0 Å². The van der Waals surface area contributed by atoms with Crippen molar-refractivity contribution < 1.29 is 8.42 Å². The maximum atomic E-state index is 12.1. The monoisotopic (exact) mass is 256 g/mol. The molecule has 1 unspecified atom stereocenters. The normalized spacial score (nSPS) is 13.6. The molecule has 17 heavy (non-hydrogen) atoms. The van der Waals surface area contributed by atoms with Gasteiger partial charge >= 0.3 is 0 Å². The van der Waals surface area contributed by atoms with Gasteiger partial charge in [0.15, 0.2) is 0 Å². The van der Waals surface area contributed by atoms with Gasteiger partial charge < -0.3 is 5.32 Å². The Morgan fingerprint density at radius 3 is 2.53 bits per heavy atom. The van der Waals surface area contributed by atoms with E-state index in [-0.39, 0.29) is 6.04 Å². The zero-order valence-corrected chi connectivity index (χ0v) is 11.3. The molecule has 0 aliphatic heterocycles. The molecule has 1 atom stereocenters. The molecular weight excluding hydrogens is 236 g/mol. The molecule has 0 spiro atoms. The lowest BCUT2D eigenvalue weighted by atomic mass is 10.2. The number of aryl methyl sites for hydroxylation is 1. The molecule has 0 aromatic heterocycles. The first kappa shape index (κ1) is 14.2. The van der Waals surface area contributed by atoms with E-state index in [0.717, 1.165) is 5.56 Å². The molecule has 1 rings (SSSR count). The van der Waals surface area contributed by atoms with E-state index in [2.05, 4.69) is 10.0 Å². The Morgan fingerprint density at radius 1 is 1.29 bits per heavy atom. The second-order valence-corrected chi connectivity index (χ2v) is 5.74. The van der Waals surface area contributed by atoms with Crippen LogP contribution < -0.4 is 10.0 Å². The second-order valence-electron chi connectivity index (χ2n) is 4.00. The summed E-state index contributed by atoms with van der Waals surface area (Å²) in [6.07, 6.45) is 0.707. The van der Waals surface area contributed by atoms with Crippen molar-refractivity contribution in [3.05, 3.63) is 29.8 Å². The smallest absolute Gasteiger partial charge is 0.240 e. The molecular formula is C12H20N2O2S. The van der Waals surface area contributed by atoms with E-state index in [1.54, 1.807) is 19.2 Å². The summed E-state index contributed by atoms with van der Waals surface area (Å²) in [7, 11) is -1.59. The molecule has 0 aliphatic rings. The minimum Gasteiger partial charge on any atom is -0.316 e. The summed E-state index contributed by atoms with van der Waals surface area (Å²) in [5, 5.41) is 2.99. The van der Waals surface area contributed by atoms with Crippen molar-refractivity contribution in [3.63, 3.8) is 0 Å². The zero-order chi connectivity index (χ0) is 12.9. The van der Waals surface area contributed by atoms with E-state index >= 15 is 0 Å². The van der Waals surface area contributed by atoms with E-state index in [4.69, 9.17) is 0 Å². The molecule has 1 aromatic carbocycles. The molecule has 0 radical (unpaired) electrons. The third kappa shape index (κ3) is 3.80. The highest BCUT2D eigenvalue weighted by molar-refractivity contribution is 7.89. The van der Waals surface area contributed by atoms with Crippen LogP contribution in [0.4, 0.5) is 0 Å². The minimum atomic E-state index is -3.40. The topological polar surface area (TPSA) is 58.2 Å². The van der Waals surface area contributed by atoms with Gasteiger partial charge in [0.25, 0.3) is 0 Å². The van der Waals surface area contributed by atoms with Crippen LogP contribution in [0, 0.1) is 0 Å². The maximum Gasteiger partial charge on any atom is 0.240 e. The number of nitrogens with one attached hydrogen (secondary N) is 2. The van der Waals surface area contributed by atoms with E-state index in [0.29, 0.717) is 17.9 Å². The Labute approximate surface area is 103 Å². The van der Waals surface area contributed by atoms with E-state index in [1.807, 2.05) is 26.0 Å². The predicted molar refractivity (Wildman–Crippen MR) is 69.5 cm³/mol. The Hall–Kier alpha value is -0.910. The molecule has 5 heteroatoms. The number of benzene rings is 1. The molecule has 0 saturated carbocycles. The SMILES string of the molecule is CCc1ccccc1S(=O)(=O)NCC(C)NC. The molecule has 1 aromatic rings. The highest BCUT2D eigenvalue weighted by Gasteiger charge is 2.17. The van der Waals surface area contributed by atoms with Crippen LogP contribution in [0.1, 0.15) is 19.4 Å². The highest BCUT2D eigenvalue weighted by Crippen LogP contribution is 2.15. The third-order valence-corrected chi connectivity index (χ3v) is 4.24. The molecule has 0 saturated heterocycles. The van der Waals surface area contributed by atoms with Crippen molar-refractivity contribution in [3.8, 4) is 0 Å². The molecule has 2 N–H and O–H groups in total. The van der Waals surface area contributed by atoms with Gasteiger partial charge in [-0.3, -0.25) is 0 Å². The van der Waals surface area contributed by atoms with E-state index in [9.17, 15) is 8.42 Å². The van der Waals surface area contributed by atoms with Crippen LogP contribution in [0.25, 0.3) is 0 Å². The van der Waals surface area contributed by atoms with Gasteiger partial charge in [-0.15, -0.1) is 0 Å². The number of hydrogen-bond acceptors (Lipinski definition) is 3. The molecule has 0 heterocycles. The molecule has 4 nitrogen and oxygen atoms in total. The van der Waals surface area contributed by atoms with Gasteiger partial charge in [-0.25, -0.2) is 13.1 Å². The van der Waals surface area contributed by atoms with Gasteiger partial charge in [0, 0.05) is 12.6 Å². The average Bonchev–Trinajstić information content (AvgIpc) is 2.35.